The number of hydrogen-bond donors (Lipinski definition) is 2. The number of carboxylic acid groups (broad SMARTS) is 1. The van der Waals surface area contributed by atoms with E-state index in [1.807, 2.05) is 0 Å². The van der Waals surface area contributed by atoms with Crippen molar-refractivity contribution in [3.63, 3.8) is 0 Å². The quantitative estimate of drug-likeness (QED) is 0.622. The Balaban J connectivity index is 3.15. The number of aromatic amines is 1. The van der Waals surface area contributed by atoms with Gasteiger partial charge in [-0.05, 0) is 0 Å². The predicted molar refractivity (Wildman–Crippen MR) is 27.7 cm³/mol. The maximum absolute atomic E-state index is 12.2. The minimum absolute atomic E-state index is 0.476. The van der Waals surface area contributed by atoms with E-state index in [0.29, 0.717) is 6.07 Å². The maximum atomic E-state index is 12.2. The highest BCUT2D eigenvalue weighted by Gasteiger charge is 2.13. The van der Waals surface area contributed by atoms with Gasteiger partial charge in [0.1, 0.15) is 0 Å². The number of halogens is 2. The molecule has 0 saturated carbocycles. The van der Waals surface area contributed by atoms with Gasteiger partial charge in [-0.1, -0.05) is 0 Å². The number of carboxylic acids is 1. The Morgan fingerprint density at radius 1 is 1.60 bits per heavy atom. The molecule has 0 bridgehead atoms. The Labute approximate surface area is 54.3 Å². The second-order valence-electron chi connectivity index (χ2n) is 1.65. The van der Waals surface area contributed by atoms with Crippen molar-refractivity contribution in [3.8, 4) is 0 Å². The second kappa shape index (κ2) is 2.09. The van der Waals surface area contributed by atoms with Crippen LogP contribution in [0.5, 0.6) is 0 Å². The van der Waals surface area contributed by atoms with Crippen LogP contribution in [0.25, 0.3) is 0 Å². The molecule has 0 fully saturated rings. The summed E-state index contributed by atoms with van der Waals surface area (Å²) in [5.41, 5.74) is -0.752. The van der Waals surface area contributed by atoms with E-state index in [9.17, 15) is 13.6 Å². The van der Waals surface area contributed by atoms with Crippen LogP contribution in [-0.4, -0.2) is 16.1 Å². The highest BCUT2D eigenvalue weighted by molar-refractivity contribution is 5.85. The molecule has 0 atom stereocenters. The number of rotatable bonds is 1. The average Bonchev–Trinajstić information content (AvgIpc) is 2.10. The van der Waals surface area contributed by atoms with Crippen LogP contribution in [0, 0.1) is 11.8 Å². The fraction of sp³-hybridized carbons (Fsp3) is 0. The number of carbonyl (C=O) groups is 1. The van der Waals surface area contributed by atoms with Gasteiger partial charge in [-0.2, -0.15) is 4.39 Å². The van der Waals surface area contributed by atoms with Gasteiger partial charge in [0.25, 0.3) is 0 Å². The van der Waals surface area contributed by atoms with Crippen LogP contribution >= 0.6 is 0 Å². The number of aromatic nitrogens is 1. The summed E-state index contributed by atoms with van der Waals surface area (Å²) in [5, 5.41) is 8.14. The molecule has 0 saturated heterocycles. The van der Waals surface area contributed by atoms with Crippen LogP contribution < -0.4 is 0 Å². The lowest BCUT2D eigenvalue weighted by molar-refractivity contribution is 0.0685. The van der Waals surface area contributed by atoms with Crippen molar-refractivity contribution in [1.82, 2.24) is 4.98 Å². The molecule has 54 valence electrons. The van der Waals surface area contributed by atoms with Crippen molar-refractivity contribution in [2.45, 2.75) is 0 Å². The molecule has 10 heavy (non-hydrogen) atoms. The lowest BCUT2D eigenvalue weighted by atomic mass is 10.4. The van der Waals surface area contributed by atoms with Crippen LogP contribution in [0.1, 0.15) is 10.5 Å². The first-order valence-corrected chi connectivity index (χ1v) is 2.38. The van der Waals surface area contributed by atoms with E-state index in [4.69, 9.17) is 5.11 Å². The Morgan fingerprint density at radius 2 is 2.20 bits per heavy atom. The van der Waals surface area contributed by atoms with Crippen LogP contribution in [0.4, 0.5) is 8.78 Å². The lowest BCUT2D eigenvalue weighted by Crippen LogP contribution is -1.98. The van der Waals surface area contributed by atoms with Crippen molar-refractivity contribution >= 4 is 5.97 Å². The number of nitrogens with one attached hydrogen (secondary N) is 1. The molecule has 0 amide bonds. The summed E-state index contributed by atoms with van der Waals surface area (Å²) in [6.45, 7) is 0. The fourth-order valence-electron chi connectivity index (χ4n) is 0.554. The van der Waals surface area contributed by atoms with Crippen LogP contribution in [0.15, 0.2) is 6.07 Å². The Bertz CT molecular complexity index is 269. The predicted octanol–water partition coefficient (Wildman–Crippen LogP) is 0.991. The maximum Gasteiger partial charge on any atom is 0.355 e. The molecule has 1 rings (SSSR count). The minimum atomic E-state index is -1.51. The summed E-state index contributed by atoms with van der Waals surface area (Å²) in [6.07, 6.45) is 0. The number of hydrogen-bond acceptors (Lipinski definition) is 1. The molecule has 0 aliphatic carbocycles. The molecule has 0 radical (unpaired) electrons. The molecule has 0 unspecified atom stereocenters. The smallest absolute Gasteiger partial charge is 0.355 e. The largest absolute Gasteiger partial charge is 0.476 e. The van der Waals surface area contributed by atoms with Gasteiger partial charge in [0, 0.05) is 6.07 Å². The molecule has 1 aromatic heterocycles. The summed E-state index contributed by atoms with van der Waals surface area (Å²) >= 11 is 0. The van der Waals surface area contributed by atoms with Gasteiger partial charge in [0.05, 0.1) is 0 Å². The summed E-state index contributed by atoms with van der Waals surface area (Å²) in [5.74, 6) is -3.60. The molecule has 0 aromatic carbocycles. The molecule has 2 N–H and O–H groups in total. The Hall–Kier alpha value is -1.39. The lowest BCUT2D eigenvalue weighted by Gasteiger charge is -1.84. The zero-order valence-corrected chi connectivity index (χ0v) is 4.69. The first-order chi connectivity index (χ1) is 4.61. The van der Waals surface area contributed by atoms with Crippen molar-refractivity contribution in [2.75, 3.05) is 0 Å². The van der Waals surface area contributed by atoms with Crippen LogP contribution in [0.3, 0.4) is 0 Å². The van der Waals surface area contributed by atoms with Crippen molar-refractivity contribution < 1.29 is 18.7 Å². The average molecular weight is 147 g/mol. The summed E-state index contributed by atoms with van der Waals surface area (Å²) < 4.78 is 24.2. The first kappa shape index (κ1) is 6.73. The first-order valence-electron chi connectivity index (χ1n) is 2.38. The summed E-state index contributed by atoms with van der Waals surface area (Å²) in [4.78, 5) is 11.7. The van der Waals surface area contributed by atoms with Gasteiger partial charge < -0.3 is 10.1 Å². The minimum Gasteiger partial charge on any atom is -0.476 e. The number of aromatic carboxylic acids is 1. The summed E-state index contributed by atoms with van der Waals surface area (Å²) in [6, 6.07) is 0.476. The molecule has 1 aromatic rings. The van der Waals surface area contributed by atoms with E-state index in [1.165, 1.54) is 0 Å². The van der Waals surface area contributed by atoms with Crippen molar-refractivity contribution in [2.24, 2.45) is 0 Å². The molecule has 5 heteroatoms. The zero-order chi connectivity index (χ0) is 7.72. The van der Waals surface area contributed by atoms with E-state index in [2.05, 4.69) is 0 Å². The molecule has 0 aliphatic rings. The highest BCUT2D eigenvalue weighted by atomic mass is 19.1. The van der Waals surface area contributed by atoms with E-state index in [0.717, 1.165) is 0 Å². The molecular formula is C5H3F2NO2. The van der Waals surface area contributed by atoms with Crippen LogP contribution in [0.2, 0.25) is 0 Å². The Kier molecular flexibility index (Phi) is 1.41. The van der Waals surface area contributed by atoms with E-state index < -0.39 is 23.4 Å². The monoisotopic (exact) mass is 147 g/mol. The zero-order valence-electron chi connectivity index (χ0n) is 4.69. The van der Waals surface area contributed by atoms with Crippen LogP contribution in [-0.2, 0) is 0 Å². The molecule has 0 aliphatic heterocycles. The summed E-state index contributed by atoms with van der Waals surface area (Å²) in [7, 11) is 0. The highest BCUT2D eigenvalue weighted by Crippen LogP contribution is 2.06. The number of H-pyrrole nitrogens is 1. The standard InChI is InChI=1S/C5H3F2NO2/c6-2-1-3(7)8-4(2)5(9)10/h1,8H,(H,9,10). The molecule has 3 nitrogen and oxygen atoms in total. The fourth-order valence-corrected chi connectivity index (χ4v) is 0.554. The normalized spacial score (nSPS) is 9.80. The third-order valence-corrected chi connectivity index (χ3v) is 0.951. The van der Waals surface area contributed by atoms with Gasteiger partial charge in [0.15, 0.2) is 17.5 Å². The third-order valence-electron chi connectivity index (χ3n) is 0.951. The van der Waals surface area contributed by atoms with Crippen molar-refractivity contribution in [1.29, 1.82) is 0 Å². The molecule has 1 heterocycles. The van der Waals surface area contributed by atoms with Gasteiger partial charge in [-0.25, -0.2) is 9.18 Å². The topological polar surface area (TPSA) is 53.1 Å². The second-order valence-corrected chi connectivity index (χ2v) is 1.65. The van der Waals surface area contributed by atoms with E-state index in [-0.39, 0.29) is 0 Å². The van der Waals surface area contributed by atoms with E-state index >= 15 is 0 Å². The molecular weight excluding hydrogens is 144 g/mol. The van der Waals surface area contributed by atoms with Crippen molar-refractivity contribution in [3.05, 3.63) is 23.5 Å². The van der Waals surface area contributed by atoms with E-state index in [1.54, 1.807) is 4.98 Å². The van der Waals surface area contributed by atoms with Gasteiger partial charge in [0.2, 0.25) is 0 Å². The van der Waals surface area contributed by atoms with Gasteiger partial charge in [-0.15, -0.1) is 0 Å². The third kappa shape index (κ3) is 0.975. The SMILES string of the molecule is O=C(O)c1[nH]c(F)cc1F. The van der Waals surface area contributed by atoms with Gasteiger partial charge >= 0.3 is 5.97 Å². The molecule has 0 spiro atoms. The Morgan fingerprint density at radius 3 is 2.40 bits per heavy atom. The van der Waals surface area contributed by atoms with Gasteiger partial charge in [-0.3, -0.25) is 0 Å².